The summed E-state index contributed by atoms with van der Waals surface area (Å²) in [5.41, 5.74) is 4.56. The average molecular weight is 389 g/mol. The number of hydrogen-bond acceptors (Lipinski definition) is 4. The van der Waals surface area contributed by atoms with Crippen molar-refractivity contribution in [2.45, 2.75) is 39.0 Å². The summed E-state index contributed by atoms with van der Waals surface area (Å²) in [4.78, 5) is 31.5. The highest BCUT2D eigenvalue weighted by atomic mass is 16.2. The van der Waals surface area contributed by atoms with Gasteiger partial charge in [-0.15, -0.1) is 0 Å². The van der Waals surface area contributed by atoms with Gasteiger partial charge in [0, 0.05) is 42.9 Å². The van der Waals surface area contributed by atoms with Crippen LogP contribution in [0.3, 0.4) is 0 Å². The number of para-hydroxylation sites is 1. The average Bonchev–Trinajstić information content (AvgIpc) is 3.37. The van der Waals surface area contributed by atoms with E-state index < -0.39 is 0 Å². The fourth-order valence-corrected chi connectivity index (χ4v) is 4.47. The zero-order chi connectivity index (χ0) is 20.0. The number of fused-ring (bicyclic) bond motifs is 2. The van der Waals surface area contributed by atoms with Crippen molar-refractivity contribution in [3.63, 3.8) is 0 Å². The molecule has 1 aromatic carbocycles. The van der Waals surface area contributed by atoms with Crippen molar-refractivity contribution in [1.82, 2.24) is 24.6 Å². The lowest BCUT2D eigenvalue weighted by molar-refractivity contribution is 0.0765. The van der Waals surface area contributed by atoms with Gasteiger partial charge >= 0.3 is 0 Å². The number of aryl methyl sites for hydroxylation is 2. The molecule has 2 aliphatic rings. The van der Waals surface area contributed by atoms with E-state index in [-0.39, 0.29) is 11.5 Å². The largest absolute Gasteiger partial charge is 0.333 e. The van der Waals surface area contributed by atoms with Crippen LogP contribution in [0, 0.1) is 0 Å². The standard InChI is InChI=1S/C22H23N5O2/c1-2-19-23-21(28)16-6-3-4-9-18(16)27(19)14-10-12-26(13-11-14)22(29)20-15-7-5-8-17(15)24-25-20/h3-4,6,9-10H,2,5,7-8,11-13H2,1H3,(H,24,25). The molecule has 0 saturated heterocycles. The molecule has 0 atom stereocenters. The highest BCUT2D eigenvalue weighted by molar-refractivity contribution is 5.94. The van der Waals surface area contributed by atoms with Crippen LogP contribution in [0.2, 0.25) is 0 Å². The van der Waals surface area contributed by atoms with Gasteiger partial charge in [-0.1, -0.05) is 19.1 Å². The van der Waals surface area contributed by atoms with Gasteiger partial charge < -0.3 is 9.47 Å². The summed E-state index contributed by atoms with van der Waals surface area (Å²) >= 11 is 0. The molecule has 1 aliphatic heterocycles. The first-order valence-electron chi connectivity index (χ1n) is 10.2. The van der Waals surface area contributed by atoms with Gasteiger partial charge in [-0.3, -0.25) is 14.7 Å². The van der Waals surface area contributed by atoms with E-state index in [0.717, 1.165) is 47.6 Å². The second kappa shape index (κ2) is 6.99. The Hall–Kier alpha value is -3.22. The maximum Gasteiger partial charge on any atom is 0.280 e. The molecule has 29 heavy (non-hydrogen) atoms. The molecule has 1 amide bonds. The number of H-pyrrole nitrogens is 1. The summed E-state index contributed by atoms with van der Waals surface area (Å²) in [5, 5.41) is 7.93. The number of amides is 1. The fourth-order valence-electron chi connectivity index (χ4n) is 4.47. The quantitative estimate of drug-likeness (QED) is 0.746. The number of carbonyl (C=O) groups is 1. The van der Waals surface area contributed by atoms with Crippen molar-refractivity contribution in [2.24, 2.45) is 0 Å². The molecular weight excluding hydrogens is 366 g/mol. The smallest absolute Gasteiger partial charge is 0.280 e. The van der Waals surface area contributed by atoms with Crippen molar-refractivity contribution in [1.29, 1.82) is 0 Å². The molecule has 2 aromatic heterocycles. The van der Waals surface area contributed by atoms with Crippen LogP contribution in [0.15, 0.2) is 35.1 Å². The van der Waals surface area contributed by atoms with E-state index in [1.165, 1.54) is 0 Å². The number of benzene rings is 1. The third-order valence-electron chi connectivity index (χ3n) is 5.95. The summed E-state index contributed by atoms with van der Waals surface area (Å²) in [6, 6.07) is 7.58. The zero-order valence-corrected chi connectivity index (χ0v) is 16.4. The Morgan fingerprint density at radius 2 is 2.07 bits per heavy atom. The molecule has 1 aliphatic carbocycles. The minimum Gasteiger partial charge on any atom is -0.333 e. The fraction of sp³-hybridized carbons (Fsp3) is 0.364. The van der Waals surface area contributed by atoms with E-state index in [4.69, 9.17) is 0 Å². The minimum atomic E-state index is -0.186. The second-order valence-electron chi connectivity index (χ2n) is 7.62. The van der Waals surface area contributed by atoms with Gasteiger partial charge in [-0.05, 0) is 37.5 Å². The van der Waals surface area contributed by atoms with Crippen LogP contribution in [0.25, 0.3) is 16.6 Å². The summed E-state index contributed by atoms with van der Waals surface area (Å²) in [6.45, 7) is 3.15. The van der Waals surface area contributed by atoms with Crippen LogP contribution in [0.5, 0.6) is 0 Å². The van der Waals surface area contributed by atoms with Crippen LogP contribution >= 0.6 is 0 Å². The van der Waals surface area contributed by atoms with Crippen LogP contribution in [-0.4, -0.2) is 43.6 Å². The third kappa shape index (κ3) is 2.88. The van der Waals surface area contributed by atoms with E-state index in [1.807, 2.05) is 36.1 Å². The van der Waals surface area contributed by atoms with Crippen molar-refractivity contribution in [2.75, 3.05) is 13.1 Å². The number of aromatic nitrogens is 4. The first-order valence-corrected chi connectivity index (χ1v) is 10.2. The lowest BCUT2D eigenvalue weighted by Crippen LogP contribution is -2.36. The molecule has 0 spiro atoms. The summed E-state index contributed by atoms with van der Waals surface area (Å²) in [7, 11) is 0. The summed E-state index contributed by atoms with van der Waals surface area (Å²) in [6.07, 6.45) is 6.44. The van der Waals surface area contributed by atoms with E-state index >= 15 is 0 Å². The molecule has 0 fully saturated rings. The van der Waals surface area contributed by atoms with E-state index in [9.17, 15) is 9.59 Å². The van der Waals surface area contributed by atoms with Gasteiger partial charge in [0.25, 0.3) is 11.5 Å². The Morgan fingerprint density at radius 1 is 1.21 bits per heavy atom. The van der Waals surface area contributed by atoms with Crippen LogP contribution in [0.1, 0.15) is 47.3 Å². The molecule has 1 N–H and O–H groups in total. The Kier molecular flexibility index (Phi) is 4.30. The second-order valence-corrected chi connectivity index (χ2v) is 7.62. The highest BCUT2D eigenvalue weighted by Gasteiger charge is 2.28. The molecule has 7 heteroatoms. The zero-order valence-electron chi connectivity index (χ0n) is 16.4. The number of nitrogens with one attached hydrogen (secondary N) is 1. The van der Waals surface area contributed by atoms with Crippen molar-refractivity contribution in [3.05, 3.63) is 63.5 Å². The van der Waals surface area contributed by atoms with Gasteiger partial charge in [0.1, 0.15) is 5.82 Å². The maximum absolute atomic E-state index is 13.0. The van der Waals surface area contributed by atoms with E-state index in [0.29, 0.717) is 37.0 Å². The molecule has 0 bridgehead atoms. The first kappa shape index (κ1) is 17.8. The SMILES string of the molecule is CCc1nc(=O)c2ccccc2n1C1=CCN(C(=O)c2n[nH]c3c2CCC3)CC1. The topological polar surface area (TPSA) is 83.9 Å². The Labute approximate surface area is 168 Å². The van der Waals surface area contributed by atoms with Crippen molar-refractivity contribution < 1.29 is 4.79 Å². The number of carbonyl (C=O) groups excluding carboxylic acids is 1. The molecule has 7 nitrogen and oxygen atoms in total. The molecule has 0 saturated carbocycles. The van der Waals surface area contributed by atoms with Gasteiger partial charge in [0.2, 0.25) is 0 Å². The van der Waals surface area contributed by atoms with Gasteiger partial charge in [0.15, 0.2) is 5.69 Å². The Bertz CT molecular complexity index is 1200. The molecular formula is C22H23N5O2. The maximum atomic E-state index is 13.0. The Balaban J connectivity index is 1.48. The molecule has 5 rings (SSSR count). The lowest BCUT2D eigenvalue weighted by atomic mass is 10.1. The molecule has 148 valence electrons. The number of rotatable bonds is 3. The predicted octanol–water partition coefficient (Wildman–Crippen LogP) is 2.56. The molecule has 3 heterocycles. The normalized spacial score (nSPS) is 16.2. The van der Waals surface area contributed by atoms with Crippen LogP contribution in [0.4, 0.5) is 0 Å². The number of aromatic amines is 1. The monoisotopic (exact) mass is 389 g/mol. The summed E-state index contributed by atoms with van der Waals surface area (Å²) < 4.78 is 2.09. The number of hydrogen-bond donors (Lipinski definition) is 1. The first-order chi connectivity index (χ1) is 14.2. The van der Waals surface area contributed by atoms with Gasteiger partial charge in [-0.25, -0.2) is 0 Å². The lowest BCUT2D eigenvalue weighted by Gasteiger charge is -2.28. The van der Waals surface area contributed by atoms with Crippen molar-refractivity contribution in [3.8, 4) is 0 Å². The molecule has 3 aromatic rings. The Morgan fingerprint density at radius 3 is 2.86 bits per heavy atom. The van der Waals surface area contributed by atoms with E-state index in [1.54, 1.807) is 0 Å². The third-order valence-corrected chi connectivity index (χ3v) is 5.95. The molecule has 0 radical (unpaired) electrons. The minimum absolute atomic E-state index is 0.00157. The predicted molar refractivity (Wildman–Crippen MR) is 111 cm³/mol. The molecule has 0 unspecified atom stereocenters. The summed E-state index contributed by atoms with van der Waals surface area (Å²) in [5.74, 6) is 0.753. The van der Waals surface area contributed by atoms with Gasteiger partial charge in [0.05, 0.1) is 10.9 Å². The van der Waals surface area contributed by atoms with Crippen molar-refractivity contribution >= 4 is 22.5 Å². The van der Waals surface area contributed by atoms with Gasteiger partial charge in [-0.2, -0.15) is 10.1 Å². The van der Waals surface area contributed by atoms with Crippen LogP contribution < -0.4 is 5.56 Å². The highest BCUT2D eigenvalue weighted by Crippen LogP contribution is 2.26. The van der Waals surface area contributed by atoms with Crippen LogP contribution in [-0.2, 0) is 19.3 Å². The van der Waals surface area contributed by atoms with E-state index in [2.05, 4.69) is 25.8 Å². The number of nitrogens with zero attached hydrogens (tertiary/aromatic N) is 4.